The molecule has 0 spiro atoms. The van der Waals surface area contributed by atoms with Crippen molar-refractivity contribution in [1.29, 1.82) is 0 Å². The summed E-state index contributed by atoms with van der Waals surface area (Å²) in [6.07, 6.45) is 9.35. The van der Waals surface area contributed by atoms with E-state index in [0.717, 1.165) is 16.7 Å². The van der Waals surface area contributed by atoms with E-state index in [2.05, 4.69) is 6.92 Å². The van der Waals surface area contributed by atoms with Crippen LogP contribution in [0.2, 0.25) is 5.54 Å². The molecular weight excluding hydrogens is 192 g/mol. The first kappa shape index (κ1) is 13.7. The van der Waals surface area contributed by atoms with E-state index in [0.29, 0.717) is 12.0 Å². The number of carboxylic acids is 1. The quantitative estimate of drug-likeness (QED) is 0.474. The number of rotatable bonds is 9. The molecule has 0 radical (unpaired) electrons. The lowest BCUT2D eigenvalue weighted by Gasteiger charge is -2.07. The normalized spacial score (nSPS) is 12.9. The molecule has 0 bridgehead atoms. The third-order valence-electron chi connectivity index (χ3n) is 2.57. The summed E-state index contributed by atoms with van der Waals surface area (Å²) in [6.45, 7) is 2.22. The molecule has 2 nitrogen and oxygen atoms in total. The van der Waals surface area contributed by atoms with Gasteiger partial charge < -0.3 is 5.11 Å². The zero-order chi connectivity index (χ0) is 10.8. The summed E-state index contributed by atoms with van der Waals surface area (Å²) in [5, 5.41) is 8.58. The molecule has 0 aliphatic carbocycles. The van der Waals surface area contributed by atoms with Crippen molar-refractivity contribution in [2.24, 2.45) is 0 Å². The highest BCUT2D eigenvalue weighted by molar-refractivity contribution is 6.12. The van der Waals surface area contributed by atoms with Crippen LogP contribution in [0, 0.1) is 0 Å². The smallest absolute Gasteiger partial charge is 0.303 e. The number of carboxylic acid groups (broad SMARTS) is 1. The van der Waals surface area contributed by atoms with Crippen molar-refractivity contribution in [2.75, 3.05) is 0 Å². The van der Waals surface area contributed by atoms with Crippen LogP contribution in [0.15, 0.2) is 0 Å². The Labute approximate surface area is 90.5 Å². The van der Waals surface area contributed by atoms with E-state index in [1.807, 2.05) is 0 Å². The van der Waals surface area contributed by atoms with Gasteiger partial charge in [0.2, 0.25) is 0 Å². The molecule has 1 unspecified atom stereocenters. The molecule has 0 aliphatic heterocycles. The van der Waals surface area contributed by atoms with Gasteiger partial charge in [-0.1, -0.05) is 51.9 Å². The highest BCUT2D eigenvalue weighted by atomic mass is 28.1. The third-order valence-corrected chi connectivity index (χ3v) is 3.56. The molecule has 14 heavy (non-hydrogen) atoms. The minimum absolute atomic E-state index is 0.390. The summed E-state index contributed by atoms with van der Waals surface area (Å²) >= 11 is 0. The van der Waals surface area contributed by atoms with Crippen molar-refractivity contribution in [3.05, 3.63) is 0 Å². The zero-order valence-electron chi connectivity index (χ0n) is 9.59. The Morgan fingerprint density at radius 1 is 1.21 bits per heavy atom. The third kappa shape index (κ3) is 9.77. The van der Waals surface area contributed by atoms with Crippen molar-refractivity contribution >= 4 is 16.2 Å². The Hall–Kier alpha value is -0.313. The lowest BCUT2D eigenvalue weighted by Crippen LogP contribution is -2.02. The van der Waals surface area contributed by atoms with Crippen molar-refractivity contribution in [3.63, 3.8) is 0 Å². The van der Waals surface area contributed by atoms with Gasteiger partial charge in [0.25, 0.3) is 0 Å². The van der Waals surface area contributed by atoms with E-state index < -0.39 is 5.97 Å². The Morgan fingerprint density at radius 3 is 2.36 bits per heavy atom. The molecule has 0 aliphatic rings. The Kier molecular flexibility index (Phi) is 9.04. The summed E-state index contributed by atoms with van der Waals surface area (Å²) in [6, 6.07) is 0. The standard InChI is InChI=1S/C11H24O2Si/c1-2-3-4-5-6-7-8-10(14)9-11(12)13/h10H,2-9H2,1,14H3,(H,12,13). The van der Waals surface area contributed by atoms with Crippen LogP contribution in [0.4, 0.5) is 0 Å². The first-order valence-corrected chi connectivity index (χ1v) is 7.04. The molecule has 0 aromatic heterocycles. The number of hydrogen-bond acceptors (Lipinski definition) is 1. The van der Waals surface area contributed by atoms with Gasteiger partial charge in [0, 0.05) is 16.7 Å². The van der Waals surface area contributed by atoms with Crippen LogP contribution in [0.5, 0.6) is 0 Å². The molecule has 0 aromatic carbocycles. The number of unbranched alkanes of at least 4 members (excludes halogenated alkanes) is 5. The lowest BCUT2D eigenvalue weighted by atomic mass is 10.1. The van der Waals surface area contributed by atoms with Gasteiger partial charge in [0.05, 0.1) is 0 Å². The van der Waals surface area contributed by atoms with E-state index in [-0.39, 0.29) is 0 Å². The summed E-state index contributed by atoms with van der Waals surface area (Å²) in [5.41, 5.74) is 0.485. The van der Waals surface area contributed by atoms with E-state index in [1.54, 1.807) is 0 Å². The van der Waals surface area contributed by atoms with Crippen LogP contribution in [-0.2, 0) is 4.79 Å². The summed E-state index contributed by atoms with van der Waals surface area (Å²) in [4.78, 5) is 10.4. The topological polar surface area (TPSA) is 37.3 Å². The van der Waals surface area contributed by atoms with Crippen LogP contribution >= 0.6 is 0 Å². The minimum Gasteiger partial charge on any atom is -0.481 e. The maximum Gasteiger partial charge on any atom is 0.303 e. The molecule has 0 amide bonds. The van der Waals surface area contributed by atoms with Crippen molar-refractivity contribution in [3.8, 4) is 0 Å². The molecule has 1 atom stereocenters. The van der Waals surface area contributed by atoms with Crippen LogP contribution in [0.3, 0.4) is 0 Å². The first-order valence-electron chi connectivity index (χ1n) is 5.88. The van der Waals surface area contributed by atoms with Gasteiger partial charge in [0.1, 0.15) is 0 Å². The van der Waals surface area contributed by atoms with Gasteiger partial charge in [-0.25, -0.2) is 0 Å². The average molecular weight is 216 g/mol. The van der Waals surface area contributed by atoms with Crippen LogP contribution < -0.4 is 0 Å². The zero-order valence-corrected chi connectivity index (χ0v) is 11.6. The average Bonchev–Trinajstić information content (AvgIpc) is 2.10. The van der Waals surface area contributed by atoms with Gasteiger partial charge in [-0.2, -0.15) is 0 Å². The molecule has 84 valence electrons. The maximum atomic E-state index is 10.4. The Bertz CT molecular complexity index is 148. The molecule has 0 saturated carbocycles. The van der Waals surface area contributed by atoms with Crippen LogP contribution in [-0.4, -0.2) is 21.3 Å². The highest BCUT2D eigenvalue weighted by Gasteiger charge is 2.06. The molecular formula is C11H24O2Si. The first-order chi connectivity index (χ1) is 6.66. The molecule has 1 N–H and O–H groups in total. The second kappa shape index (κ2) is 9.25. The van der Waals surface area contributed by atoms with Gasteiger partial charge in [-0.3, -0.25) is 4.79 Å². The highest BCUT2D eigenvalue weighted by Crippen LogP contribution is 2.16. The van der Waals surface area contributed by atoms with E-state index in [4.69, 9.17) is 5.11 Å². The molecule has 0 fully saturated rings. The lowest BCUT2D eigenvalue weighted by molar-refractivity contribution is -0.137. The molecule has 0 saturated heterocycles. The van der Waals surface area contributed by atoms with E-state index >= 15 is 0 Å². The number of aliphatic carboxylic acids is 1. The number of hydrogen-bond donors (Lipinski definition) is 1. The fourth-order valence-electron chi connectivity index (χ4n) is 1.67. The Morgan fingerprint density at radius 2 is 1.79 bits per heavy atom. The Balaban J connectivity index is 3.14. The van der Waals surface area contributed by atoms with Crippen LogP contribution in [0.25, 0.3) is 0 Å². The summed E-state index contributed by atoms with van der Waals surface area (Å²) in [5.74, 6) is -0.629. The van der Waals surface area contributed by atoms with E-state index in [9.17, 15) is 4.79 Å². The van der Waals surface area contributed by atoms with Gasteiger partial charge in [-0.15, -0.1) is 0 Å². The second-order valence-electron chi connectivity index (χ2n) is 4.26. The van der Waals surface area contributed by atoms with Crippen LogP contribution in [0.1, 0.15) is 58.3 Å². The fourth-order valence-corrected chi connectivity index (χ4v) is 2.43. The van der Waals surface area contributed by atoms with Gasteiger partial charge in [0.15, 0.2) is 0 Å². The predicted octanol–water partition coefficient (Wildman–Crippen LogP) is 2.37. The summed E-state index contributed by atoms with van der Waals surface area (Å²) < 4.78 is 0. The predicted molar refractivity (Wildman–Crippen MR) is 63.9 cm³/mol. The number of carbonyl (C=O) groups is 1. The molecule has 0 aromatic rings. The summed E-state index contributed by atoms with van der Waals surface area (Å²) in [7, 11) is 1.03. The monoisotopic (exact) mass is 216 g/mol. The fraction of sp³-hybridized carbons (Fsp3) is 0.909. The van der Waals surface area contributed by atoms with E-state index in [1.165, 1.54) is 38.5 Å². The molecule has 0 heterocycles. The molecule has 0 rings (SSSR count). The largest absolute Gasteiger partial charge is 0.481 e. The second-order valence-corrected chi connectivity index (χ2v) is 5.89. The SMILES string of the molecule is CCCCCCCCC([SiH3])CC(=O)O. The van der Waals surface area contributed by atoms with Gasteiger partial charge >= 0.3 is 5.97 Å². The van der Waals surface area contributed by atoms with Gasteiger partial charge in [-0.05, 0) is 5.54 Å². The van der Waals surface area contributed by atoms with Crippen molar-refractivity contribution in [2.45, 2.75) is 63.8 Å². The minimum atomic E-state index is -0.629. The van der Waals surface area contributed by atoms with Crippen molar-refractivity contribution in [1.82, 2.24) is 0 Å². The maximum absolute atomic E-state index is 10.4. The van der Waals surface area contributed by atoms with Crippen molar-refractivity contribution < 1.29 is 9.90 Å². The molecule has 3 heteroatoms.